The Morgan fingerprint density at radius 1 is 0.466 bits per heavy atom. The molecule has 0 aromatic rings. The molecule has 420 valence electrons. The lowest BCUT2D eigenvalue weighted by atomic mass is 9.47. The monoisotopic (exact) mass is 1080 g/mol. The van der Waals surface area contributed by atoms with E-state index >= 15 is 0 Å². The maximum absolute atomic E-state index is 2.83. The molecule has 6 saturated carbocycles. The Hall–Kier alpha value is 0.800. The van der Waals surface area contributed by atoms with Crippen LogP contribution in [0, 0.1) is 92.7 Å². The fraction of sp³-hybridized carbons (Fsp3) is 0.940. The molecule has 16 atom stereocenters. The van der Waals surface area contributed by atoms with E-state index < -0.39 is 0 Å². The Kier molecular flexibility index (Phi) is 20.8. The van der Waals surface area contributed by atoms with Crippen molar-refractivity contribution in [2.75, 3.05) is 65.9 Å². The summed E-state index contributed by atoms with van der Waals surface area (Å²) < 4.78 is 2.37. The minimum Gasteiger partial charge on any atom is -0.328 e. The van der Waals surface area contributed by atoms with Crippen molar-refractivity contribution < 1.29 is 8.97 Å². The zero-order chi connectivity index (χ0) is 52.4. The summed E-state index contributed by atoms with van der Waals surface area (Å²) in [5.41, 5.74) is 5.94. The van der Waals surface area contributed by atoms with Crippen LogP contribution in [-0.2, 0) is 0 Å². The molecule has 73 heavy (non-hydrogen) atoms. The third-order valence-corrected chi connectivity index (χ3v) is 30.3. The van der Waals surface area contributed by atoms with Gasteiger partial charge in [0.05, 0.1) is 65.9 Å². The zero-order valence-electron chi connectivity index (χ0n) is 50.7. The van der Waals surface area contributed by atoms with Crippen LogP contribution in [0.5, 0.6) is 0 Å². The molecule has 0 aromatic carbocycles. The second kappa shape index (κ2) is 25.3. The molecule has 2 nitrogen and oxygen atoms in total. The Labute approximate surface area is 471 Å². The number of hydrogen-bond donors (Lipinski definition) is 0. The van der Waals surface area contributed by atoms with Gasteiger partial charge in [0.15, 0.2) is 0 Å². The molecule has 0 amide bonds. The number of unbranched alkanes of at least 4 members (excludes halogenated alkanes) is 2. The molecule has 0 aromatic heterocycles. The van der Waals surface area contributed by atoms with Crippen molar-refractivity contribution in [1.29, 1.82) is 0 Å². The molecule has 0 unspecified atom stereocenters. The van der Waals surface area contributed by atoms with E-state index in [1.54, 1.807) is 0 Å². The second-order valence-electron chi connectivity index (χ2n) is 31.0. The Morgan fingerprint density at radius 3 is 1.27 bits per heavy atom. The summed E-state index contributed by atoms with van der Waals surface area (Å²) in [7, 11) is 19.0. The number of hydrogen-bond acceptors (Lipinski definition) is 4. The normalized spacial score (nSPS) is 39.2. The van der Waals surface area contributed by atoms with Gasteiger partial charge in [-0.15, -0.1) is 0 Å². The van der Waals surface area contributed by atoms with Crippen molar-refractivity contribution in [3.63, 3.8) is 0 Å². The molecule has 8 aliphatic rings. The largest absolute Gasteiger partial charge is 0.328 e. The highest BCUT2D eigenvalue weighted by Crippen LogP contribution is 2.70. The van der Waals surface area contributed by atoms with Crippen molar-refractivity contribution in [2.45, 2.75) is 240 Å². The summed E-state index contributed by atoms with van der Waals surface area (Å²) in [6, 6.07) is 0. The molecule has 0 spiro atoms. The first-order chi connectivity index (χ1) is 34.6. The Balaban J connectivity index is 0.676. The highest BCUT2D eigenvalue weighted by molar-refractivity contribution is 8.77. The fourth-order valence-corrected chi connectivity index (χ4v) is 25.6. The first-order valence-electron chi connectivity index (χ1n) is 32.2. The summed E-state index contributed by atoms with van der Waals surface area (Å²) in [6.45, 7) is 31.2. The van der Waals surface area contributed by atoms with E-state index in [1.165, 1.54) is 207 Å². The molecule has 0 saturated heterocycles. The van der Waals surface area contributed by atoms with Crippen LogP contribution in [0.25, 0.3) is 0 Å². The third-order valence-electron chi connectivity index (χ3n) is 24.5. The van der Waals surface area contributed by atoms with Crippen molar-refractivity contribution in [1.82, 2.24) is 0 Å². The van der Waals surface area contributed by atoms with Gasteiger partial charge in [-0.25, -0.2) is 0 Å². The summed E-state index contributed by atoms with van der Waals surface area (Å²) in [5.74, 6) is 13.8. The van der Waals surface area contributed by atoms with E-state index in [4.69, 9.17) is 0 Å². The first kappa shape index (κ1) is 59.9. The Morgan fingerprint density at radius 2 is 0.877 bits per heavy atom. The predicted octanol–water partition coefficient (Wildman–Crippen LogP) is 19.9. The molecule has 0 N–H and O–H groups in total. The van der Waals surface area contributed by atoms with E-state index in [1.807, 2.05) is 11.1 Å². The lowest BCUT2D eigenvalue weighted by Gasteiger charge is -2.58. The van der Waals surface area contributed by atoms with Crippen LogP contribution < -0.4 is 0 Å². The summed E-state index contributed by atoms with van der Waals surface area (Å²) in [5, 5.41) is 1.65. The van der Waals surface area contributed by atoms with Crippen LogP contribution in [0.3, 0.4) is 0 Å². The lowest BCUT2D eigenvalue weighted by molar-refractivity contribution is -0.890. The van der Waals surface area contributed by atoms with Crippen molar-refractivity contribution in [2.24, 2.45) is 92.7 Å². The highest BCUT2D eigenvalue weighted by Gasteiger charge is 2.61. The average molecular weight is 1080 g/mol. The van der Waals surface area contributed by atoms with E-state index in [-0.39, 0.29) is 0 Å². The standard InChI is InChI=1S/C67H120N2S4/c1-48(2)20-18-22-50(5)58-28-30-60-56-26-24-52-46-54(32-36-64(52,7)62(56)34-38-66(58,60)9)72-70-44-42-68(11,12)40-16-15-17-41-69(13,14)43-45-71-73-55-33-37-65(8)53(47-55)25-27-57-61-31-29-59(51(6)23-19-21-49(3)4)67(61,10)39-35-63(57)65/h24-25,48-51,54-63H,15-23,26-47H2,1-14H3/q+2/t50-,51-,54+,55+,56+,57+,58-,59-,60+,61+,62+,63+,64+,65+,66-,67-/m1/s1. The minimum atomic E-state index is 0.484. The highest BCUT2D eigenvalue weighted by atomic mass is 33.1. The van der Waals surface area contributed by atoms with Gasteiger partial charge in [0.25, 0.3) is 0 Å². The summed E-state index contributed by atoms with van der Waals surface area (Å²) in [4.78, 5) is 0. The predicted molar refractivity (Wildman–Crippen MR) is 331 cm³/mol. The molecule has 8 rings (SSSR count). The molecular weight excluding hydrogens is 961 g/mol. The van der Waals surface area contributed by atoms with Crippen LogP contribution in [0.2, 0.25) is 0 Å². The quantitative estimate of drug-likeness (QED) is 0.0366. The number of quaternary nitrogens is 2. The van der Waals surface area contributed by atoms with Gasteiger partial charge in [-0.3, -0.25) is 0 Å². The van der Waals surface area contributed by atoms with Gasteiger partial charge in [0.2, 0.25) is 0 Å². The number of nitrogens with zero attached hydrogens (tertiary/aromatic N) is 2. The van der Waals surface area contributed by atoms with Gasteiger partial charge < -0.3 is 8.97 Å². The molecule has 0 aliphatic heterocycles. The number of rotatable bonds is 26. The van der Waals surface area contributed by atoms with Crippen molar-refractivity contribution >= 4 is 43.2 Å². The van der Waals surface area contributed by atoms with Crippen LogP contribution in [-0.4, -0.2) is 85.3 Å². The van der Waals surface area contributed by atoms with Gasteiger partial charge >= 0.3 is 0 Å². The Bertz CT molecular complexity index is 1690. The molecule has 6 heteroatoms. The molecule has 6 fully saturated rings. The maximum atomic E-state index is 2.83. The summed E-state index contributed by atoms with van der Waals surface area (Å²) >= 11 is 0. The first-order valence-corrected chi connectivity index (χ1v) is 36.9. The van der Waals surface area contributed by atoms with Gasteiger partial charge in [-0.1, -0.05) is 174 Å². The average Bonchev–Trinajstić information content (AvgIpc) is 3.88. The van der Waals surface area contributed by atoms with Gasteiger partial charge in [-0.2, -0.15) is 0 Å². The maximum Gasteiger partial charge on any atom is 0.0882 e. The summed E-state index contributed by atoms with van der Waals surface area (Å²) in [6.07, 6.45) is 41.9. The van der Waals surface area contributed by atoms with E-state index in [0.717, 1.165) is 81.5 Å². The minimum absolute atomic E-state index is 0.484. The SMILES string of the molecule is CC(C)CCC[C@@H](C)[C@H]1CC[C@H]2[C@@H]3CC=C4C[C@@H](SSCC[N+](C)(C)CCCCC[N+](C)(C)CCSS[C@H]5CC[C@@]6(C)C(=CC[C@H]7[C@@H]8CC[C@H]([C@H](C)CCCC(C)C)[C@@]8(C)CC[C@@H]76)C5)CC[C@]4(C)[C@H]3CC[C@]12C. The van der Waals surface area contributed by atoms with Gasteiger partial charge in [0.1, 0.15) is 0 Å². The van der Waals surface area contributed by atoms with Gasteiger partial charge in [0, 0.05) is 10.5 Å². The second-order valence-corrected chi connectivity index (χ2v) is 36.5. The molecule has 0 radical (unpaired) electrons. The zero-order valence-corrected chi connectivity index (χ0v) is 54.0. The lowest BCUT2D eigenvalue weighted by Crippen LogP contribution is -2.50. The fourth-order valence-electron chi connectivity index (χ4n) is 19.8. The molecule has 8 aliphatic carbocycles. The molecule has 0 bridgehead atoms. The number of allylic oxidation sites excluding steroid dienone is 4. The smallest absolute Gasteiger partial charge is 0.0882 e. The molecular formula is C67H120N2S4+2. The van der Waals surface area contributed by atoms with Crippen LogP contribution >= 0.6 is 43.2 Å². The van der Waals surface area contributed by atoms with E-state index in [2.05, 4.69) is 153 Å². The van der Waals surface area contributed by atoms with Crippen LogP contribution in [0.15, 0.2) is 23.3 Å². The van der Waals surface area contributed by atoms with Gasteiger partial charge in [-0.05, 0) is 215 Å². The van der Waals surface area contributed by atoms with E-state index in [9.17, 15) is 0 Å². The van der Waals surface area contributed by atoms with Crippen molar-refractivity contribution in [3.8, 4) is 0 Å². The topological polar surface area (TPSA) is 0 Å². The third kappa shape index (κ3) is 13.8. The van der Waals surface area contributed by atoms with Crippen LogP contribution in [0.1, 0.15) is 230 Å². The number of fused-ring (bicyclic) bond motifs is 10. The van der Waals surface area contributed by atoms with Crippen molar-refractivity contribution in [3.05, 3.63) is 23.3 Å². The van der Waals surface area contributed by atoms with E-state index in [0.29, 0.717) is 21.7 Å². The van der Waals surface area contributed by atoms with Crippen LogP contribution in [0.4, 0.5) is 0 Å². The molecule has 0 heterocycles.